The molecule has 2 aliphatic rings. The van der Waals surface area contributed by atoms with Crippen molar-refractivity contribution in [3.63, 3.8) is 0 Å². The number of amides is 1. The largest absolute Gasteiger partial charge is 0.737 e. The molecule has 0 atom stereocenters. The molecular formula is C28H35BF2IN3O2. The van der Waals surface area contributed by atoms with E-state index in [-0.39, 0.29) is 0 Å². The Bertz CT molecular complexity index is 1400. The molecule has 2 aromatic rings. The number of aromatic nitrogens is 1. The van der Waals surface area contributed by atoms with Crippen LogP contribution < -0.4 is 4.74 Å². The second-order valence-corrected chi connectivity index (χ2v) is 10.8. The third kappa shape index (κ3) is 4.08. The number of carbonyl (C=O) groups excluding carboxylic acids is 1. The van der Waals surface area contributed by atoms with Crippen LogP contribution in [-0.4, -0.2) is 45.7 Å². The number of hydrogen-bond acceptors (Lipinski definition) is 2. The predicted molar refractivity (Wildman–Crippen MR) is 155 cm³/mol. The molecule has 1 amide bonds. The minimum Gasteiger partial charge on any atom is -0.409 e. The van der Waals surface area contributed by atoms with Crippen molar-refractivity contribution in [1.82, 2.24) is 9.38 Å². The number of carbonyl (C=O) groups is 1. The molecule has 5 nitrogen and oxygen atoms in total. The van der Waals surface area contributed by atoms with Crippen molar-refractivity contribution in [2.45, 2.75) is 68.2 Å². The first-order valence-corrected chi connectivity index (χ1v) is 14.1. The van der Waals surface area contributed by atoms with Gasteiger partial charge in [0.05, 0.1) is 9.14 Å². The summed E-state index contributed by atoms with van der Waals surface area (Å²) in [5, 5.41) is 0. The molecule has 1 aromatic heterocycles. The third-order valence-electron chi connectivity index (χ3n) is 7.93. The summed E-state index contributed by atoms with van der Waals surface area (Å²) in [7, 11) is 0. The van der Waals surface area contributed by atoms with Crippen LogP contribution in [0.3, 0.4) is 0 Å². The second kappa shape index (κ2) is 10.0. The van der Waals surface area contributed by atoms with Crippen molar-refractivity contribution in [2.24, 2.45) is 0 Å². The van der Waals surface area contributed by atoms with Crippen LogP contribution in [0.4, 0.5) is 13.4 Å². The summed E-state index contributed by atoms with van der Waals surface area (Å²) in [6.07, 6.45) is 0.920. The van der Waals surface area contributed by atoms with E-state index >= 15 is 8.63 Å². The lowest BCUT2D eigenvalue weighted by molar-refractivity contribution is -0.363. The van der Waals surface area contributed by atoms with Crippen molar-refractivity contribution in [2.75, 3.05) is 13.1 Å². The first kappa shape index (κ1) is 27.6. The summed E-state index contributed by atoms with van der Waals surface area (Å²) in [5.74, 6) is 0.428. The average molecular weight is 621 g/mol. The lowest BCUT2D eigenvalue weighted by Crippen LogP contribution is -2.51. The zero-order chi connectivity index (χ0) is 27.4. The van der Waals surface area contributed by atoms with E-state index in [1.54, 1.807) is 18.7 Å². The molecule has 0 aliphatic carbocycles. The molecule has 0 N–H and O–H groups in total. The highest BCUT2D eigenvalue weighted by atomic mass is 127. The number of benzene rings is 1. The fraction of sp³-hybridized carbons (Fsp3) is 0.429. The first-order chi connectivity index (χ1) is 17.5. The van der Waals surface area contributed by atoms with Gasteiger partial charge in [-0.25, -0.2) is 4.79 Å². The van der Waals surface area contributed by atoms with E-state index in [1.807, 2.05) is 59.7 Å². The highest BCUT2D eigenvalue weighted by Gasteiger charge is 2.56. The molecule has 0 spiro atoms. The van der Waals surface area contributed by atoms with Crippen LogP contribution in [0.1, 0.15) is 76.0 Å². The summed E-state index contributed by atoms with van der Waals surface area (Å²) < 4.78 is 42.0. The van der Waals surface area contributed by atoms with Crippen LogP contribution in [0.5, 0.6) is 5.75 Å². The van der Waals surface area contributed by atoms with Gasteiger partial charge in [-0.2, -0.15) is 0 Å². The van der Waals surface area contributed by atoms with Crippen LogP contribution in [0, 0.1) is 17.4 Å². The van der Waals surface area contributed by atoms with Gasteiger partial charge in [0.1, 0.15) is 11.5 Å². The molecule has 198 valence electrons. The van der Waals surface area contributed by atoms with Crippen molar-refractivity contribution in [3.8, 4) is 5.75 Å². The van der Waals surface area contributed by atoms with Crippen LogP contribution in [0.2, 0.25) is 0 Å². The summed E-state index contributed by atoms with van der Waals surface area (Å²) in [4.78, 5) is 14.4. The van der Waals surface area contributed by atoms with Gasteiger partial charge in [-0.3, -0.25) is 0 Å². The number of rotatable bonds is 6. The van der Waals surface area contributed by atoms with E-state index in [0.29, 0.717) is 54.5 Å². The SMILES string of the molecule is CCC1=C(C)C2=C(c3ccc(I)c(OC(=O)N(CC)CC)c3)c3c(C)c(CC)c(C)n3[B-](F)(F)[N+]2=C1C. The maximum atomic E-state index is 16.4. The quantitative estimate of drug-likeness (QED) is 0.251. The predicted octanol–water partition coefficient (Wildman–Crippen LogP) is 7.32. The lowest BCUT2D eigenvalue weighted by atomic mass is 9.83. The molecule has 0 saturated heterocycles. The molecule has 1 aromatic carbocycles. The fourth-order valence-electron chi connectivity index (χ4n) is 6.13. The molecule has 0 radical (unpaired) electrons. The van der Waals surface area contributed by atoms with Crippen molar-refractivity contribution < 1.29 is 22.6 Å². The Balaban J connectivity index is 2.05. The van der Waals surface area contributed by atoms with Crippen molar-refractivity contribution in [3.05, 3.63) is 66.7 Å². The van der Waals surface area contributed by atoms with E-state index in [0.717, 1.165) is 37.0 Å². The minimum atomic E-state index is -4.09. The maximum absolute atomic E-state index is 16.4. The maximum Gasteiger partial charge on any atom is 0.737 e. The molecule has 0 bridgehead atoms. The van der Waals surface area contributed by atoms with Gasteiger partial charge < -0.3 is 27.2 Å². The zero-order valence-electron chi connectivity index (χ0n) is 22.9. The molecule has 2 aliphatic heterocycles. The van der Waals surface area contributed by atoms with Gasteiger partial charge >= 0.3 is 13.1 Å². The Morgan fingerprint density at radius 1 is 1.08 bits per heavy atom. The van der Waals surface area contributed by atoms with Crippen LogP contribution in [0.15, 0.2) is 35.0 Å². The number of ether oxygens (including phenoxy) is 1. The molecule has 0 fully saturated rings. The van der Waals surface area contributed by atoms with Gasteiger partial charge in [-0.1, -0.05) is 19.9 Å². The number of halogens is 3. The van der Waals surface area contributed by atoms with Gasteiger partial charge in [-0.05, 0) is 105 Å². The Morgan fingerprint density at radius 2 is 1.73 bits per heavy atom. The number of hydrogen-bond donors (Lipinski definition) is 0. The average Bonchev–Trinajstić information content (AvgIpc) is 3.26. The normalized spacial score (nSPS) is 16.4. The zero-order valence-corrected chi connectivity index (χ0v) is 25.1. The topological polar surface area (TPSA) is 37.5 Å². The second-order valence-electron chi connectivity index (χ2n) is 9.67. The van der Waals surface area contributed by atoms with Gasteiger partial charge in [0.2, 0.25) is 0 Å². The van der Waals surface area contributed by atoms with Gasteiger partial charge in [-0.15, -0.1) is 0 Å². The van der Waals surface area contributed by atoms with Crippen molar-refractivity contribution in [1.29, 1.82) is 0 Å². The molecule has 3 heterocycles. The summed E-state index contributed by atoms with van der Waals surface area (Å²) >= 11 is 2.15. The van der Waals surface area contributed by atoms with E-state index in [9.17, 15) is 4.79 Å². The number of fused-ring (bicyclic) bond motifs is 2. The monoisotopic (exact) mass is 621 g/mol. The van der Waals surface area contributed by atoms with E-state index < -0.39 is 13.1 Å². The highest BCUT2D eigenvalue weighted by Crippen LogP contribution is 2.47. The third-order valence-corrected chi connectivity index (χ3v) is 8.83. The number of nitrogens with zero attached hydrogens (tertiary/aromatic N) is 3. The summed E-state index contributed by atoms with van der Waals surface area (Å²) in [6.45, 7) is 12.3. The molecule has 4 rings (SSSR count). The van der Waals surface area contributed by atoms with Crippen LogP contribution >= 0.6 is 22.6 Å². The standard InChI is InChI=1S/C28H35BF2IN3O2/c1-9-21-16(5)26-25(20-13-14-23(32)24(15-20)37-28(36)33(11-3)12-4)27-17(6)22(10-2)19(8)35(27)29(30,31)34(26)18(21)7/h13-15H,9-12H2,1-8H3. The highest BCUT2D eigenvalue weighted by molar-refractivity contribution is 14.1. The van der Waals surface area contributed by atoms with Gasteiger partial charge in [0, 0.05) is 36.9 Å². The summed E-state index contributed by atoms with van der Waals surface area (Å²) in [6, 6.07) is 5.65. The molecule has 0 saturated carbocycles. The minimum absolute atomic E-state index is 0.420. The Hall–Kier alpha value is -2.43. The van der Waals surface area contributed by atoms with E-state index in [4.69, 9.17) is 4.74 Å². The Kier molecular flexibility index (Phi) is 7.49. The molecule has 9 heteroatoms. The van der Waals surface area contributed by atoms with Crippen molar-refractivity contribution >= 4 is 46.9 Å². The first-order valence-electron chi connectivity index (χ1n) is 13.0. The smallest absolute Gasteiger partial charge is 0.409 e. The Labute approximate surface area is 232 Å². The van der Waals surface area contributed by atoms with Crippen LogP contribution in [0.25, 0.3) is 5.57 Å². The van der Waals surface area contributed by atoms with Gasteiger partial charge in [0.25, 0.3) is 0 Å². The van der Waals surface area contributed by atoms with Gasteiger partial charge in [0.15, 0.2) is 5.70 Å². The Morgan fingerprint density at radius 3 is 2.30 bits per heavy atom. The molecule has 37 heavy (non-hydrogen) atoms. The number of allylic oxidation sites excluding steroid dienone is 2. The van der Waals surface area contributed by atoms with Crippen LogP contribution in [-0.2, 0) is 6.42 Å². The lowest BCUT2D eigenvalue weighted by Gasteiger charge is -2.34. The fourth-order valence-corrected chi connectivity index (χ4v) is 6.57. The molecule has 0 unspecified atom stereocenters. The van der Waals surface area contributed by atoms with E-state index in [1.165, 1.54) is 8.96 Å². The summed E-state index contributed by atoms with van der Waals surface area (Å²) in [5.41, 5.74) is 7.46. The van der Waals surface area contributed by atoms with E-state index in [2.05, 4.69) is 22.6 Å². The molecular weight excluding hydrogens is 586 g/mol.